The molecule has 0 saturated carbocycles. The smallest absolute Gasteiger partial charge is 0.258 e. The van der Waals surface area contributed by atoms with Gasteiger partial charge in [-0.15, -0.1) is 0 Å². The minimum Gasteiger partial charge on any atom is -0.389 e. The van der Waals surface area contributed by atoms with E-state index >= 15 is 0 Å². The second-order valence-electron chi connectivity index (χ2n) is 8.19. The maximum absolute atomic E-state index is 12.4. The molecule has 34 heavy (non-hydrogen) atoms. The van der Waals surface area contributed by atoms with Gasteiger partial charge in [0.2, 0.25) is 0 Å². The lowest BCUT2D eigenvalue weighted by molar-refractivity contribution is -0.00906. The summed E-state index contributed by atoms with van der Waals surface area (Å²) in [7, 11) is 0. The van der Waals surface area contributed by atoms with E-state index in [9.17, 15) is 9.90 Å². The molecule has 0 spiro atoms. The molecule has 0 unspecified atom stereocenters. The Bertz CT molecular complexity index is 1230. The van der Waals surface area contributed by atoms with Crippen molar-refractivity contribution in [3.8, 4) is 0 Å². The zero-order chi connectivity index (χ0) is 23.9. The number of likely N-dealkylation sites (N-methyl/N-ethyl adjacent to an activating group) is 1. The number of rotatable bonds is 10. The van der Waals surface area contributed by atoms with Crippen LogP contribution in [0, 0.1) is 0 Å². The number of H-pyrrole nitrogens is 1. The summed E-state index contributed by atoms with van der Waals surface area (Å²) >= 11 is 6.06. The van der Waals surface area contributed by atoms with Crippen LogP contribution < -0.4 is 5.56 Å². The average molecular weight is 478 g/mol. The van der Waals surface area contributed by atoms with E-state index in [0.29, 0.717) is 41.4 Å². The fourth-order valence-corrected chi connectivity index (χ4v) is 4.12. The Kier molecular flexibility index (Phi) is 8.08. The van der Waals surface area contributed by atoms with E-state index in [2.05, 4.69) is 9.97 Å². The van der Waals surface area contributed by atoms with E-state index in [-0.39, 0.29) is 18.3 Å². The Morgan fingerprint density at radius 3 is 2.29 bits per heavy atom. The predicted octanol–water partition coefficient (Wildman–Crippen LogP) is 4.57. The third-order valence-corrected chi connectivity index (χ3v) is 5.90. The van der Waals surface area contributed by atoms with Crippen LogP contribution in [0.4, 0.5) is 0 Å². The third kappa shape index (κ3) is 6.10. The van der Waals surface area contributed by atoms with Gasteiger partial charge < -0.3 is 14.8 Å². The number of aliphatic hydroxyl groups excluding tert-OH is 1. The molecule has 0 aliphatic heterocycles. The summed E-state index contributed by atoms with van der Waals surface area (Å²) in [6, 6.07) is 25.0. The highest BCUT2D eigenvalue weighted by Crippen LogP contribution is 2.26. The number of ether oxygens (including phenoxy) is 1. The van der Waals surface area contributed by atoms with Crippen molar-refractivity contribution in [1.82, 2.24) is 14.9 Å². The highest BCUT2D eigenvalue weighted by molar-refractivity contribution is 6.31. The van der Waals surface area contributed by atoms with E-state index in [1.807, 2.05) is 72.5 Å². The van der Waals surface area contributed by atoms with Crippen molar-refractivity contribution < 1.29 is 9.84 Å². The lowest BCUT2D eigenvalue weighted by Crippen LogP contribution is -2.35. The highest BCUT2D eigenvalue weighted by atomic mass is 35.5. The molecular weight excluding hydrogens is 450 g/mol. The zero-order valence-corrected chi connectivity index (χ0v) is 19.8. The number of nitrogens with one attached hydrogen (secondary N) is 1. The summed E-state index contributed by atoms with van der Waals surface area (Å²) in [6.45, 7) is 3.62. The van der Waals surface area contributed by atoms with Gasteiger partial charge >= 0.3 is 0 Å². The zero-order valence-electron chi connectivity index (χ0n) is 19.0. The summed E-state index contributed by atoms with van der Waals surface area (Å²) in [5, 5.41) is 11.8. The number of hydrogen-bond donors (Lipinski definition) is 2. The van der Waals surface area contributed by atoms with Crippen LogP contribution in [0.25, 0.3) is 10.9 Å². The second kappa shape index (κ2) is 11.4. The van der Waals surface area contributed by atoms with Gasteiger partial charge in [0.05, 0.1) is 30.2 Å². The van der Waals surface area contributed by atoms with Crippen LogP contribution in [0.3, 0.4) is 0 Å². The van der Waals surface area contributed by atoms with Crippen molar-refractivity contribution in [2.75, 3.05) is 19.7 Å². The molecule has 3 aromatic carbocycles. The molecule has 2 N–H and O–H groups in total. The van der Waals surface area contributed by atoms with Crippen LogP contribution in [0.1, 0.15) is 30.0 Å². The van der Waals surface area contributed by atoms with Gasteiger partial charge in [-0.2, -0.15) is 0 Å². The number of aromatic nitrogens is 2. The molecule has 0 saturated heterocycles. The van der Waals surface area contributed by atoms with Crippen LogP contribution in [-0.2, 0) is 11.3 Å². The molecule has 0 radical (unpaired) electrons. The Hall–Kier alpha value is -3.03. The molecule has 0 bridgehead atoms. The van der Waals surface area contributed by atoms with Crippen molar-refractivity contribution in [2.45, 2.75) is 25.7 Å². The fraction of sp³-hybridized carbons (Fsp3) is 0.259. The fourth-order valence-electron chi connectivity index (χ4n) is 3.95. The normalized spacial score (nSPS) is 12.5. The lowest BCUT2D eigenvalue weighted by atomic mass is 10.0. The summed E-state index contributed by atoms with van der Waals surface area (Å²) in [5.74, 6) is 0.529. The average Bonchev–Trinajstić information content (AvgIpc) is 2.85. The molecule has 1 atom stereocenters. The first-order valence-electron chi connectivity index (χ1n) is 11.3. The highest BCUT2D eigenvalue weighted by Gasteiger charge is 2.18. The summed E-state index contributed by atoms with van der Waals surface area (Å²) in [6.07, 6.45) is -0.980. The first-order chi connectivity index (χ1) is 16.5. The lowest BCUT2D eigenvalue weighted by Gasteiger charge is -2.25. The molecule has 6 nitrogen and oxygen atoms in total. The molecule has 1 heterocycles. The van der Waals surface area contributed by atoms with E-state index in [1.54, 1.807) is 18.2 Å². The number of aliphatic hydroxyl groups is 1. The molecule has 7 heteroatoms. The van der Waals surface area contributed by atoms with Crippen LogP contribution >= 0.6 is 11.6 Å². The van der Waals surface area contributed by atoms with E-state index < -0.39 is 6.10 Å². The van der Waals surface area contributed by atoms with Gasteiger partial charge in [0.15, 0.2) is 0 Å². The Morgan fingerprint density at radius 2 is 1.68 bits per heavy atom. The molecule has 0 amide bonds. The van der Waals surface area contributed by atoms with Crippen LogP contribution in [0.2, 0.25) is 5.02 Å². The first-order valence-corrected chi connectivity index (χ1v) is 11.7. The van der Waals surface area contributed by atoms with Crippen LogP contribution in [0.5, 0.6) is 0 Å². The number of nitrogens with zero attached hydrogens (tertiary/aromatic N) is 2. The minimum atomic E-state index is -0.712. The SMILES string of the molecule is CCN(Cc1nc2cc(Cl)ccc2c(=O)[nH]1)C[C@H](O)COC(c1ccccc1)c1ccccc1. The van der Waals surface area contributed by atoms with E-state index in [1.165, 1.54) is 0 Å². The van der Waals surface area contributed by atoms with Crippen LogP contribution in [0.15, 0.2) is 83.7 Å². The predicted molar refractivity (Wildman–Crippen MR) is 135 cm³/mol. The Balaban J connectivity index is 1.42. The van der Waals surface area contributed by atoms with Crippen molar-refractivity contribution in [3.05, 3.63) is 111 Å². The number of benzene rings is 3. The molecule has 0 aliphatic rings. The van der Waals surface area contributed by atoms with Crippen molar-refractivity contribution >= 4 is 22.5 Å². The molecule has 4 rings (SSSR count). The van der Waals surface area contributed by atoms with Gasteiger partial charge in [-0.1, -0.05) is 79.2 Å². The van der Waals surface area contributed by atoms with E-state index in [0.717, 1.165) is 11.1 Å². The molecule has 1 aromatic heterocycles. The number of halogens is 1. The van der Waals surface area contributed by atoms with E-state index in [4.69, 9.17) is 16.3 Å². The largest absolute Gasteiger partial charge is 0.389 e. The van der Waals surface area contributed by atoms with Crippen molar-refractivity contribution in [3.63, 3.8) is 0 Å². The number of fused-ring (bicyclic) bond motifs is 1. The first kappa shape index (κ1) is 24.1. The quantitative estimate of drug-likeness (QED) is 0.350. The van der Waals surface area contributed by atoms with Gasteiger partial charge in [0.25, 0.3) is 5.56 Å². The third-order valence-electron chi connectivity index (χ3n) is 5.67. The van der Waals surface area contributed by atoms with Crippen molar-refractivity contribution in [2.24, 2.45) is 0 Å². The van der Waals surface area contributed by atoms with Gasteiger partial charge in [-0.25, -0.2) is 4.98 Å². The van der Waals surface area contributed by atoms with Gasteiger partial charge in [-0.3, -0.25) is 9.69 Å². The minimum absolute atomic E-state index is 0.169. The second-order valence-corrected chi connectivity index (χ2v) is 8.63. The molecule has 0 aliphatic carbocycles. The Labute approximate surface area is 203 Å². The molecule has 176 valence electrons. The topological polar surface area (TPSA) is 78.5 Å². The Morgan fingerprint density at radius 1 is 1.03 bits per heavy atom. The molecular formula is C27H28ClN3O3. The molecule has 0 fully saturated rings. The number of aromatic amines is 1. The summed E-state index contributed by atoms with van der Waals surface area (Å²) in [5.41, 5.74) is 2.42. The van der Waals surface area contributed by atoms with Gasteiger partial charge in [-0.05, 0) is 35.9 Å². The summed E-state index contributed by atoms with van der Waals surface area (Å²) < 4.78 is 6.20. The maximum atomic E-state index is 12.4. The monoisotopic (exact) mass is 477 g/mol. The van der Waals surface area contributed by atoms with Gasteiger partial charge in [0.1, 0.15) is 11.9 Å². The molecule has 4 aromatic rings. The maximum Gasteiger partial charge on any atom is 0.258 e. The standard InChI is InChI=1S/C27H28ClN3O3/c1-2-31(17-25-29-24-15-21(28)13-14-23(24)27(33)30-25)16-22(32)18-34-26(19-9-5-3-6-10-19)20-11-7-4-8-12-20/h3-15,22,26,32H,2,16-18H2,1H3,(H,29,30,33)/t22-/m0/s1. The summed E-state index contributed by atoms with van der Waals surface area (Å²) in [4.78, 5) is 21.8. The van der Waals surface area contributed by atoms with Crippen LogP contribution in [-0.4, -0.2) is 45.8 Å². The van der Waals surface area contributed by atoms with Gasteiger partial charge in [0, 0.05) is 11.6 Å². The number of hydrogen-bond acceptors (Lipinski definition) is 5. The van der Waals surface area contributed by atoms with Crippen molar-refractivity contribution in [1.29, 1.82) is 0 Å².